The highest BCUT2D eigenvalue weighted by molar-refractivity contribution is 7.18. The Bertz CT molecular complexity index is 508. The first-order chi connectivity index (χ1) is 8.68. The molecule has 0 aliphatic carbocycles. The maximum atomic E-state index is 4.79. The van der Waals surface area contributed by atoms with Gasteiger partial charge in [0, 0.05) is 11.6 Å². The molecule has 0 bridgehead atoms. The lowest BCUT2D eigenvalue weighted by Gasteiger charge is -2.35. The lowest BCUT2D eigenvalue weighted by Crippen LogP contribution is -2.40. The number of hydrogen-bond donors (Lipinski definition) is 1. The number of thiazole rings is 1. The second kappa shape index (κ2) is 4.59. The molecule has 3 rings (SSSR count). The minimum atomic E-state index is 0.150. The van der Waals surface area contributed by atoms with Crippen molar-refractivity contribution in [1.29, 1.82) is 0 Å². The van der Waals surface area contributed by atoms with Crippen molar-refractivity contribution in [2.75, 3.05) is 13.1 Å². The number of nitrogens with one attached hydrogen (secondary N) is 1. The van der Waals surface area contributed by atoms with Crippen LogP contribution in [0.5, 0.6) is 0 Å². The average molecular weight is 261 g/mol. The summed E-state index contributed by atoms with van der Waals surface area (Å²) in [6.07, 6.45) is 6.29. The van der Waals surface area contributed by atoms with Crippen LogP contribution in [0.25, 0.3) is 10.2 Å². The summed E-state index contributed by atoms with van der Waals surface area (Å²) in [5, 5.41) is 4.76. The van der Waals surface area contributed by atoms with E-state index in [2.05, 4.69) is 30.2 Å². The largest absolute Gasteiger partial charge is 0.316 e. The van der Waals surface area contributed by atoms with Crippen LogP contribution < -0.4 is 5.32 Å². The zero-order chi connectivity index (χ0) is 12.6. The van der Waals surface area contributed by atoms with Gasteiger partial charge in [-0.15, -0.1) is 11.3 Å². The molecule has 2 aromatic rings. The van der Waals surface area contributed by atoms with Crippen LogP contribution in [0.15, 0.2) is 18.5 Å². The molecule has 1 saturated heterocycles. The Morgan fingerprint density at radius 3 is 3.06 bits per heavy atom. The third-order valence-corrected chi connectivity index (χ3v) is 5.43. The van der Waals surface area contributed by atoms with Gasteiger partial charge in [-0.2, -0.15) is 0 Å². The Kier molecular flexibility index (Phi) is 3.08. The SMILES string of the molecule is CC(C)(c1nc2cnccc2s1)C1CCCNC1. The van der Waals surface area contributed by atoms with E-state index in [1.807, 2.05) is 23.7 Å². The summed E-state index contributed by atoms with van der Waals surface area (Å²) >= 11 is 1.82. The Hall–Kier alpha value is -1.00. The Morgan fingerprint density at radius 1 is 1.44 bits per heavy atom. The van der Waals surface area contributed by atoms with Gasteiger partial charge in [0.1, 0.15) is 0 Å². The van der Waals surface area contributed by atoms with Crippen LogP contribution in [0, 0.1) is 5.92 Å². The fourth-order valence-electron chi connectivity index (χ4n) is 2.70. The highest BCUT2D eigenvalue weighted by Gasteiger charge is 2.34. The van der Waals surface area contributed by atoms with Crippen molar-refractivity contribution >= 4 is 21.6 Å². The van der Waals surface area contributed by atoms with E-state index in [4.69, 9.17) is 4.98 Å². The summed E-state index contributed by atoms with van der Waals surface area (Å²) in [6, 6.07) is 2.06. The fourth-order valence-corrected chi connectivity index (χ4v) is 3.81. The first kappa shape index (κ1) is 12.1. The normalized spacial score (nSPS) is 21.3. The van der Waals surface area contributed by atoms with Gasteiger partial charge in [0.15, 0.2) is 0 Å². The molecule has 0 radical (unpaired) electrons. The molecule has 0 aromatic carbocycles. The standard InChI is InChI=1S/C14H19N3S/c1-14(2,10-4-3-6-15-8-10)13-17-11-9-16-7-5-12(11)18-13/h5,7,9-10,15H,3-4,6,8H2,1-2H3. The maximum absolute atomic E-state index is 4.79. The van der Waals surface area contributed by atoms with Crippen LogP contribution in [0.1, 0.15) is 31.7 Å². The van der Waals surface area contributed by atoms with Gasteiger partial charge in [0.25, 0.3) is 0 Å². The molecule has 0 amide bonds. The van der Waals surface area contributed by atoms with Crippen LogP contribution in [0.3, 0.4) is 0 Å². The second-order valence-electron chi connectivity index (χ2n) is 5.63. The quantitative estimate of drug-likeness (QED) is 0.903. The molecule has 0 saturated carbocycles. The molecule has 3 nitrogen and oxygen atoms in total. The van der Waals surface area contributed by atoms with Gasteiger partial charge in [0.05, 0.1) is 21.4 Å². The molecule has 2 aromatic heterocycles. The van der Waals surface area contributed by atoms with Crippen molar-refractivity contribution in [2.24, 2.45) is 5.92 Å². The van der Waals surface area contributed by atoms with Crippen molar-refractivity contribution < 1.29 is 0 Å². The number of nitrogens with zero attached hydrogens (tertiary/aromatic N) is 2. The molecule has 1 N–H and O–H groups in total. The van der Waals surface area contributed by atoms with E-state index in [1.165, 1.54) is 22.5 Å². The Labute approximate surface area is 112 Å². The minimum Gasteiger partial charge on any atom is -0.316 e. The minimum absolute atomic E-state index is 0.150. The molecule has 1 unspecified atom stereocenters. The fraction of sp³-hybridized carbons (Fsp3) is 0.571. The van der Waals surface area contributed by atoms with Crippen LogP contribution in [-0.2, 0) is 5.41 Å². The molecular formula is C14H19N3S. The number of rotatable bonds is 2. The average Bonchev–Trinajstić information content (AvgIpc) is 2.84. The second-order valence-corrected chi connectivity index (χ2v) is 6.66. The molecular weight excluding hydrogens is 242 g/mol. The van der Waals surface area contributed by atoms with Gasteiger partial charge in [-0.1, -0.05) is 13.8 Å². The number of aromatic nitrogens is 2. The first-order valence-electron chi connectivity index (χ1n) is 6.59. The van der Waals surface area contributed by atoms with E-state index in [9.17, 15) is 0 Å². The predicted octanol–water partition coefficient (Wildman–Crippen LogP) is 2.97. The highest BCUT2D eigenvalue weighted by atomic mass is 32.1. The van der Waals surface area contributed by atoms with Crippen molar-refractivity contribution in [2.45, 2.75) is 32.1 Å². The predicted molar refractivity (Wildman–Crippen MR) is 76.0 cm³/mol. The van der Waals surface area contributed by atoms with E-state index in [0.29, 0.717) is 5.92 Å². The summed E-state index contributed by atoms with van der Waals surface area (Å²) in [4.78, 5) is 8.94. The molecule has 1 atom stereocenters. The van der Waals surface area contributed by atoms with E-state index >= 15 is 0 Å². The molecule has 1 aliphatic heterocycles. The van der Waals surface area contributed by atoms with Gasteiger partial charge in [-0.3, -0.25) is 4.98 Å². The Balaban J connectivity index is 1.96. The molecule has 0 spiro atoms. The third kappa shape index (κ3) is 2.04. The molecule has 4 heteroatoms. The van der Waals surface area contributed by atoms with E-state index in [1.54, 1.807) is 0 Å². The topological polar surface area (TPSA) is 37.8 Å². The van der Waals surface area contributed by atoms with Gasteiger partial charge in [-0.25, -0.2) is 4.98 Å². The van der Waals surface area contributed by atoms with Gasteiger partial charge in [-0.05, 0) is 37.9 Å². The van der Waals surface area contributed by atoms with Crippen LogP contribution in [0.2, 0.25) is 0 Å². The van der Waals surface area contributed by atoms with Crippen LogP contribution >= 0.6 is 11.3 Å². The van der Waals surface area contributed by atoms with Crippen molar-refractivity contribution in [3.63, 3.8) is 0 Å². The zero-order valence-corrected chi connectivity index (χ0v) is 11.8. The lowest BCUT2D eigenvalue weighted by atomic mass is 9.75. The van der Waals surface area contributed by atoms with Gasteiger partial charge in [0.2, 0.25) is 0 Å². The first-order valence-corrected chi connectivity index (χ1v) is 7.41. The number of piperidine rings is 1. The van der Waals surface area contributed by atoms with E-state index < -0.39 is 0 Å². The number of hydrogen-bond acceptors (Lipinski definition) is 4. The highest BCUT2D eigenvalue weighted by Crippen LogP contribution is 2.39. The number of fused-ring (bicyclic) bond motifs is 1. The summed E-state index contributed by atoms with van der Waals surface area (Å²) in [6.45, 7) is 6.93. The van der Waals surface area contributed by atoms with Crippen molar-refractivity contribution in [3.8, 4) is 0 Å². The molecule has 1 aliphatic rings. The van der Waals surface area contributed by atoms with Crippen LogP contribution in [-0.4, -0.2) is 23.1 Å². The van der Waals surface area contributed by atoms with Gasteiger partial charge >= 0.3 is 0 Å². The van der Waals surface area contributed by atoms with E-state index in [0.717, 1.165) is 18.6 Å². The summed E-state index contributed by atoms with van der Waals surface area (Å²) < 4.78 is 1.25. The van der Waals surface area contributed by atoms with Crippen molar-refractivity contribution in [3.05, 3.63) is 23.5 Å². The monoisotopic (exact) mass is 261 g/mol. The summed E-state index contributed by atoms with van der Waals surface area (Å²) in [5.41, 5.74) is 1.19. The molecule has 96 valence electrons. The molecule has 3 heterocycles. The molecule has 18 heavy (non-hydrogen) atoms. The third-order valence-electron chi connectivity index (χ3n) is 4.06. The van der Waals surface area contributed by atoms with Gasteiger partial charge < -0.3 is 5.32 Å². The van der Waals surface area contributed by atoms with Crippen LogP contribution in [0.4, 0.5) is 0 Å². The van der Waals surface area contributed by atoms with Crippen molar-refractivity contribution in [1.82, 2.24) is 15.3 Å². The maximum Gasteiger partial charge on any atom is 0.0998 e. The van der Waals surface area contributed by atoms with E-state index in [-0.39, 0.29) is 5.41 Å². The summed E-state index contributed by atoms with van der Waals surface area (Å²) in [5.74, 6) is 0.680. The molecule has 1 fully saturated rings. The number of pyridine rings is 1. The smallest absolute Gasteiger partial charge is 0.0998 e. The Morgan fingerprint density at radius 2 is 2.33 bits per heavy atom. The summed E-state index contributed by atoms with van der Waals surface area (Å²) in [7, 11) is 0. The lowest BCUT2D eigenvalue weighted by molar-refractivity contribution is 0.251. The zero-order valence-electron chi connectivity index (χ0n) is 10.9.